The molecule has 1 aromatic carbocycles. The predicted octanol–water partition coefficient (Wildman–Crippen LogP) is 3.49. The maximum absolute atomic E-state index is 12.1. The number of hydrogen-bond acceptors (Lipinski definition) is 5. The van der Waals surface area contributed by atoms with Gasteiger partial charge in [0.15, 0.2) is 5.16 Å². The van der Waals surface area contributed by atoms with Crippen molar-refractivity contribution in [3.63, 3.8) is 0 Å². The van der Waals surface area contributed by atoms with Crippen LogP contribution in [0.4, 0.5) is 0 Å². The van der Waals surface area contributed by atoms with Gasteiger partial charge in [-0.25, -0.2) is 15.4 Å². The van der Waals surface area contributed by atoms with E-state index < -0.39 is 0 Å². The van der Waals surface area contributed by atoms with Crippen LogP contribution >= 0.6 is 27.7 Å². The largest absolute Gasteiger partial charge is 0.272 e. The molecule has 0 aliphatic carbocycles. The quantitative estimate of drug-likeness (QED) is 0.366. The SMILES string of the molecule is Cc1cc(C)nc(SC(C)C(=O)NN=Cc2ccc(Br)cc2)n1. The number of nitrogens with one attached hydrogen (secondary N) is 1. The van der Waals surface area contributed by atoms with Gasteiger partial charge in [-0.2, -0.15) is 5.10 Å². The van der Waals surface area contributed by atoms with E-state index >= 15 is 0 Å². The second kappa shape index (κ2) is 8.21. The summed E-state index contributed by atoms with van der Waals surface area (Å²) >= 11 is 4.68. The average Bonchev–Trinajstić information content (AvgIpc) is 2.48. The Labute approximate surface area is 148 Å². The van der Waals surface area contributed by atoms with Crippen molar-refractivity contribution < 1.29 is 4.79 Å². The summed E-state index contributed by atoms with van der Waals surface area (Å²) < 4.78 is 0.997. The van der Waals surface area contributed by atoms with Crippen molar-refractivity contribution in [2.24, 2.45) is 5.10 Å². The first-order valence-electron chi connectivity index (χ1n) is 7.01. The minimum Gasteiger partial charge on any atom is -0.272 e. The molecule has 1 unspecified atom stereocenters. The van der Waals surface area contributed by atoms with Gasteiger partial charge in [0.1, 0.15) is 0 Å². The van der Waals surface area contributed by atoms with Crippen LogP contribution in [-0.4, -0.2) is 27.3 Å². The smallest absolute Gasteiger partial charge is 0.253 e. The number of amides is 1. The van der Waals surface area contributed by atoms with E-state index in [0.29, 0.717) is 5.16 Å². The number of rotatable bonds is 5. The van der Waals surface area contributed by atoms with Crippen LogP contribution < -0.4 is 5.43 Å². The van der Waals surface area contributed by atoms with Gasteiger partial charge in [-0.1, -0.05) is 39.8 Å². The zero-order valence-electron chi connectivity index (χ0n) is 13.1. The number of aryl methyl sites for hydroxylation is 2. The Hall–Kier alpha value is -1.73. The molecule has 0 fully saturated rings. The average molecular weight is 393 g/mol. The predicted molar refractivity (Wildman–Crippen MR) is 96.7 cm³/mol. The van der Waals surface area contributed by atoms with Crippen molar-refractivity contribution in [1.82, 2.24) is 15.4 Å². The lowest BCUT2D eigenvalue weighted by atomic mass is 10.2. The summed E-state index contributed by atoms with van der Waals surface area (Å²) in [5.74, 6) is -0.189. The van der Waals surface area contributed by atoms with Crippen molar-refractivity contribution in [2.45, 2.75) is 31.2 Å². The Balaban J connectivity index is 1.90. The third-order valence-corrected chi connectivity index (χ3v) is 4.36. The number of nitrogens with zero attached hydrogens (tertiary/aromatic N) is 3. The summed E-state index contributed by atoms with van der Waals surface area (Å²) in [4.78, 5) is 20.7. The van der Waals surface area contributed by atoms with Crippen LogP contribution in [0.25, 0.3) is 0 Å². The lowest BCUT2D eigenvalue weighted by molar-refractivity contribution is -0.120. The Kier molecular flexibility index (Phi) is 6.29. The van der Waals surface area contributed by atoms with Gasteiger partial charge in [0.05, 0.1) is 11.5 Å². The molecule has 5 nitrogen and oxygen atoms in total. The molecule has 0 aliphatic rings. The number of hydrogen-bond donors (Lipinski definition) is 1. The van der Waals surface area contributed by atoms with Gasteiger partial charge >= 0.3 is 0 Å². The first-order valence-corrected chi connectivity index (χ1v) is 8.69. The molecule has 1 heterocycles. The third-order valence-electron chi connectivity index (χ3n) is 2.87. The maximum Gasteiger partial charge on any atom is 0.253 e. The fraction of sp³-hybridized carbons (Fsp3) is 0.250. The summed E-state index contributed by atoms with van der Waals surface area (Å²) in [5.41, 5.74) is 5.23. The molecule has 1 amide bonds. The Morgan fingerprint density at radius 1 is 1.26 bits per heavy atom. The van der Waals surface area contributed by atoms with Gasteiger partial charge < -0.3 is 0 Å². The summed E-state index contributed by atoms with van der Waals surface area (Å²) in [5, 5.41) is 4.24. The topological polar surface area (TPSA) is 67.2 Å². The summed E-state index contributed by atoms with van der Waals surface area (Å²) in [6, 6.07) is 9.54. The summed E-state index contributed by atoms with van der Waals surface area (Å²) in [7, 11) is 0. The van der Waals surface area contributed by atoms with E-state index in [9.17, 15) is 4.79 Å². The normalized spacial score (nSPS) is 12.3. The number of thioether (sulfide) groups is 1. The highest BCUT2D eigenvalue weighted by Crippen LogP contribution is 2.20. The molecule has 0 radical (unpaired) electrons. The van der Waals surface area contributed by atoms with Crippen molar-refractivity contribution in [3.05, 3.63) is 51.8 Å². The van der Waals surface area contributed by atoms with E-state index in [2.05, 4.69) is 36.4 Å². The van der Waals surface area contributed by atoms with E-state index in [-0.39, 0.29) is 11.2 Å². The van der Waals surface area contributed by atoms with Crippen LogP contribution in [-0.2, 0) is 4.79 Å². The minimum atomic E-state index is -0.335. The van der Waals surface area contributed by atoms with E-state index in [1.807, 2.05) is 44.2 Å². The van der Waals surface area contributed by atoms with Crippen LogP contribution in [0, 0.1) is 13.8 Å². The molecule has 1 aromatic heterocycles. The Morgan fingerprint density at radius 2 is 1.87 bits per heavy atom. The zero-order valence-corrected chi connectivity index (χ0v) is 15.5. The van der Waals surface area contributed by atoms with Crippen LogP contribution in [0.5, 0.6) is 0 Å². The van der Waals surface area contributed by atoms with E-state index in [0.717, 1.165) is 21.4 Å². The Morgan fingerprint density at radius 3 is 2.48 bits per heavy atom. The lowest BCUT2D eigenvalue weighted by Crippen LogP contribution is -2.27. The zero-order chi connectivity index (χ0) is 16.8. The van der Waals surface area contributed by atoms with Crippen molar-refractivity contribution >= 4 is 39.8 Å². The number of carbonyl (C=O) groups is 1. The standard InChI is InChI=1S/C16H17BrN4OS/c1-10-8-11(2)20-16(19-10)23-12(3)15(22)21-18-9-13-4-6-14(17)7-5-13/h4-9,12H,1-3H3,(H,21,22). The van der Waals surface area contributed by atoms with Crippen molar-refractivity contribution in [3.8, 4) is 0 Å². The Bertz CT molecular complexity index is 698. The minimum absolute atomic E-state index is 0.189. The van der Waals surface area contributed by atoms with Crippen molar-refractivity contribution in [1.29, 1.82) is 0 Å². The highest BCUT2D eigenvalue weighted by atomic mass is 79.9. The monoisotopic (exact) mass is 392 g/mol. The first-order chi connectivity index (χ1) is 10.9. The van der Waals surface area contributed by atoms with Crippen LogP contribution in [0.15, 0.2) is 45.1 Å². The van der Waals surface area contributed by atoms with Crippen LogP contribution in [0.1, 0.15) is 23.9 Å². The molecule has 1 N–H and O–H groups in total. The molecule has 0 saturated heterocycles. The fourth-order valence-corrected chi connectivity index (χ4v) is 2.90. The fourth-order valence-electron chi connectivity index (χ4n) is 1.77. The second-order valence-corrected chi connectivity index (χ2v) is 7.20. The molecule has 120 valence electrons. The van der Waals surface area contributed by atoms with Gasteiger partial charge in [-0.05, 0) is 44.5 Å². The third kappa shape index (κ3) is 5.76. The molecule has 7 heteroatoms. The molecule has 2 rings (SSSR count). The molecule has 0 bridgehead atoms. The highest BCUT2D eigenvalue weighted by molar-refractivity contribution is 9.10. The maximum atomic E-state index is 12.1. The summed E-state index contributed by atoms with van der Waals surface area (Å²) in [6.07, 6.45) is 1.61. The molecule has 1 atom stereocenters. The molecule has 2 aromatic rings. The van der Waals surface area contributed by atoms with Gasteiger partial charge in [0.2, 0.25) is 0 Å². The second-order valence-electron chi connectivity index (χ2n) is 4.98. The number of hydrazone groups is 1. The van der Waals surface area contributed by atoms with Crippen LogP contribution in [0.3, 0.4) is 0 Å². The van der Waals surface area contributed by atoms with E-state index in [1.54, 1.807) is 13.1 Å². The number of carbonyl (C=O) groups excluding carboxylic acids is 1. The highest BCUT2D eigenvalue weighted by Gasteiger charge is 2.15. The number of aromatic nitrogens is 2. The number of benzene rings is 1. The first kappa shape index (κ1) is 17.6. The molecule has 0 spiro atoms. The lowest BCUT2D eigenvalue weighted by Gasteiger charge is -2.09. The van der Waals surface area contributed by atoms with Gasteiger partial charge in [-0.3, -0.25) is 4.79 Å². The molecular weight excluding hydrogens is 376 g/mol. The van der Waals surface area contributed by atoms with E-state index in [4.69, 9.17) is 0 Å². The van der Waals surface area contributed by atoms with Gasteiger partial charge in [0.25, 0.3) is 5.91 Å². The number of halogens is 1. The molecular formula is C16H17BrN4OS. The van der Waals surface area contributed by atoms with Crippen molar-refractivity contribution in [2.75, 3.05) is 0 Å². The summed E-state index contributed by atoms with van der Waals surface area (Å²) in [6.45, 7) is 5.62. The van der Waals surface area contributed by atoms with Gasteiger partial charge in [0, 0.05) is 15.9 Å². The molecule has 23 heavy (non-hydrogen) atoms. The van der Waals surface area contributed by atoms with Gasteiger partial charge in [-0.15, -0.1) is 0 Å². The van der Waals surface area contributed by atoms with Crippen LogP contribution in [0.2, 0.25) is 0 Å². The van der Waals surface area contributed by atoms with E-state index in [1.165, 1.54) is 11.8 Å². The molecule has 0 aliphatic heterocycles. The molecule has 0 saturated carbocycles.